The summed E-state index contributed by atoms with van der Waals surface area (Å²) in [5, 5.41) is 13.3. The number of nitrogens with zero attached hydrogens (tertiary/aromatic N) is 5. The number of likely N-dealkylation sites (tertiary alicyclic amines) is 1. The van der Waals surface area contributed by atoms with Gasteiger partial charge in [-0.05, 0) is 39.7 Å². The second-order valence-electron chi connectivity index (χ2n) is 7.90. The van der Waals surface area contributed by atoms with Crippen LogP contribution in [0.5, 0.6) is 0 Å². The Morgan fingerprint density at radius 1 is 1.24 bits per heavy atom. The summed E-state index contributed by atoms with van der Waals surface area (Å²) in [4.78, 5) is 21.5. The number of carboxylic acids is 1. The van der Waals surface area contributed by atoms with Gasteiger partial charge in [-0.3, -0.25) is 9.69 Å². The Labute approximate surface area is 203 Å². The Morgan fingerprint density at radius 3 is 2.68 bits per heavy atom. The molecule has 4 heterocycles. The third-order valence-electron chi connectivity index (χ3n) is 5.47. The molecule has 3 aromatic heterocycles. The summed E-state index contributed by atoms with van der Waals surface area (Å²) in [7, 11) is 0. The molecule has 0 bridgehead atoms. The van der Waals surface area contributed by atoms with Crippen molar-refractivity contribution in [1.82, 2.24) is 24.4 Å². The highest BCUT2D eigenvalue weighted by Gasteiger charge is 2.33. The second kappa shape index (κ2) is 8.36. The van der Waals surface area contributed by atoms with Crippen LogP contribution in [0, 0.1) is 5.92 Å². The lowest BCUT2D eigenvalue weighted by Crippen LogP contribution is -2.49. The summed E-state index contributed by atoms with van der Waals surface area (Å²) in [5.74, 6) is -0.905. The van der Waals surface area contributed by atoms with Gasteiger partial charge in [-0.15, -0.1) is 0 Å². The molecule has 1 aliphatic rings. The fraction of sp³-hybridized carbons (Fsp3) is 0.238. The van der Waals surface area contributed by atoms with Crippen LogP contribution >= 0.6 is 27.5 Å². The highest BCUT2D eigenvalue weighted by molar-refractivity contribution is 9.10. The van der Waals surface area contributed by atoms with Crippen LogP contribution in [0.4, 0.5) is 13.2 Å². The SMILES string of the molecule is O=C(O)C1CN(Cc2ccc(-c3noc(-c4cn5cc(C(F)(F)F)cc(Br)c5n4)n3)c(Cl)c2)C1. The van der Waals surface area contributed by atoms with E-state index in [2.05, 4.69) is 31.1 Å². The fourth-order valence-corrected chi connectivity index (χ4v) is 4.53. The number of carboxylic acid groups (broad SMARTS) is 1. The molecule has 34 heavy (non-hydrogen) atoms. The zero-order valence-electron chi connectivity index (χ0n) is 17.1. The van der Waals surface area contributed by atoms with Crippen LogP contribution in [0.2, 0.25) is 5.02 Å². The molecule has 1 saturated heterocycles. The predicted octanol–water partition coefficient (Wildman–Crippen LogP) is 5.00. The van der Waals surface area contributed by atoms with Crippen LogP contribution in [-0.2, 0) is 17.5 Å². The number of pyridine rings is 1. The summed E-state index contributed by atoms with van der Waals surface area (Å²) in [6.45, 7) is 1.54. The molecular formula is C21H14BrClF3N5O3. The van der Waals surface area contributed by atoms with Crippen LogP contribution in [0.1, 0.15) is 11.1 Å². The van der Waals surface area contributed by atoms with Crippen molar-refractivity contribution in [3.05, 3.63) is 57.3 Å². The zero-order chi connectivity index (χ0) is 24.2. The van der Waals surface area contributed by atoms with E-state index in [1.807, 2.05) is 11.0 Å². The summed E-state index contributed by atoms with van der Waals surface area (Å²) in [5.41, 5.74) is 1.06. The van der Waals surface area contributed by atoms with E-state index < -0.39 is 17.7 Å². The summed E-state index contributed by atoms with van der Waals surface area (Å²) >= 11 is 9.54. The number of fused-ring (bicyclic) bond motifs is 1. The van der Waals surface area contributed by atoms with E-state index in [0.29, 0.717) is 30.2 Å². The van der Waals surface area contributed by atoms with E-state index in [1.165, 1.54) is 10.6 Å². The van der Waals surface area contributed by atoms with Gasteiger partial charge in [0.15, 0.2) is 5.65 Å². The minimum atomic E-state index is -4.50. The molecule has 176 valence electrons. The molecule has 1 fully saturated rings. The first kappa shape index (κ1) is 22.8. The van der Waals surface area contributed by atoms with Gasteiger partial charge < -0.3 is 14.0 Å². The van der Waals surface area contributed by atoms with Crippen molar-refractivity contribution in [2.45, 2.75) is 12.7 Å². The average Bonchev–Trinajstić information content (AvgIpc) is 3.36. The van der Waals surface area contributed by atoms with Gasteiger partial charge in [0.1, 0.15) is 5.69 Å². The first-order valence-electron chi connectivity index (χ1n) is 9.92. The highest BCUT2D eigenvalue weighted by atomic mass is 79.9. The summed E-state index contributed by atoms with van der Waals surface area (Å²) < 4.78 is 46.0. The monoisotopic (exact) mass is 555 g/mol. The number of hydrogen-bond acceptors (Lipinski definition) is 6. The van der Waals surface area contributed by atoms with Crippen molar-refractivity contribution in [1.29, 1.82) is 0 Å². The van der Waals surface area contributed by atoms with Gasteiger partial charge in [-0.1, -0.05) is 22.8 Å². The number of hydrogen-bond donors (Lipinski definition) is 1. The Balaban J connectivity index is 1.37. The molecule has 4 aromatic rings. The van der Waals surface area contributed by atoms with Gasteiger partial charge in [0.25, 0.3) is 5.89 Å². The molecule has 0 saturated carbocycles. The van der Waals surface area contributed by atoms with E-state index in [0.717, 1.165) is 17.8 Å². The Morgan fingerprint density at radius 2 is 2.00 bits per heavy atom. The van der Waals surface area contributed by atoms with Gasteiger partial charge in [0.05, 0.1) is 21.0 Å². The number of halogens is 5. The van der Waals surface area contributed by atoms with Crippen molar-refractivity contribution < 1.29 is 27.6 Å². The van der Waals surface area contributed by atoms with E-state index in [4.69, 9.17) is 21.2 Å². The highest BCUT2D eigenvalue weighted by Crippen LogP contribution is 2.34. The minimum absolute atomic E-state index is 0.0274. The number of rotatable bonds is 5. The molecule has 0 unspecified atom stereocenters. The maximum atomic E-state index is 13.1. The average molecular weight is 557 g/mol. The minimum Gasteiger partial charge on any atom is -0.481 e. The van der Waals surface area contributed by atoms with Crippen molar-refractivity contribution in [2.75, 3.05) is 13.1 Å². The van der Waals surface area contributed by atoms with Crippen LogP contribution in [0.3, 0.4) is 0 Å². The van der Waals surface area contributed by atoms with Crippen molar-refractivity contribution in [3.8, 4) is 23.0 Å². The maximum absolute atomic E-state index is 13.1. The van der Waals surface area contributed by atoms with Gasteiger partial charge in [0, 0.05) is 37.6 Å². The van der Waals surface area contributed by atoms with Crippen LogP contribution in [-0.4, -0.2) is 48.6 Å². The van der Waals surface area contributed by atoms with Gasteiger partial charge in [0.2, 0.25) is 5.82 Å². The summed E-state index contributed by atoms with van der Waals surface area (Å²) in [6.07, 6.45) is -2.20. The van der Waals surface area contributed by atoms with E-state index in [-0.39, 0.29) is 33.4 Å². The lowest BCUT2D eigenvalue weighted by molar-refractivity contribution is -0.147. The van der Waals surface area contributed by atoms with Gasteiger partial charge >= 0.3 is 12.1 Å². The normalized spacial score (nSPS) is 15.1. The lowest BCUT2D eigenvalue weighted by Gasteiger charge is -2.36. The maximum Gasteiger partial charge on any atom is 0.417 e. The first-order chi connectivity index (χ1) is 16.1. The number of alkyl halides is 3. The van der Waals surface area contributed by atoms with E-state index in [9.17, 15) is 18.0 Å². The number of imidazole rings is 1. The molecule has 0 aliphatic carbocycles. The first-order valence-corrected chi connectivity index (χ1v) is 11.1. The van der Waals surface area contributed by atoms with Crippen LogP contribution in [0.25, 0.3) is 28.6 Å². The quantitative estimate of drug-likeness (QED) is 0.369. The molecule has 8 nitrogen and oxygen atoms in total. The van der Waals surface area contributed by atoms with Gasteiger partial charge in [-0.25, -0.2) is 4.98 Å². The molecule has 13 heteroatoms. The molecule has 5 rings (SSSR count). The van der Waals surface area contributed by atoms with Gasteiger partial charge in [-0.2, -0.15) is 18.2 Å². The predicted molar refractivity (Wildman–Crippen MR) is 118 cm³/mol. The Kier molecular flexibility index (Phi) is 5.61. The molecule has 1 aliphatic heterocycles. The number of aliphatic carboxylic acids is 1. The van der Waals surface area contributed by atoms with Crippen LogP contribution in [0.15, 0.2) is 45.7 Å². The Hall–Kier alpha value is -2.96. The molecule has 0 spiro atoms. The van der Waals surface area contributed by atoms with Crippen molar-refractivity contribution >= 4 is 39.1 Å². The molecule has 1 N–H and O–H groups in total. The largest absolute Gasteiger partial charge is 0.481 e. The van der Waals surface area contributed by atoms with Crippen LogP contribution < -0.4 is 0 Å². The van der Waals surface area contributed by atoms with Crippen molar-refractivity contribution in [2.24, 2.45) is 5.92 Å². The Bertz CT molecular complexity index is 1410. The number of aromatic nitrogens is 4. The zero-order valence-corrected chi connectivity index (χ0v) is 19.4. The van der Waals surface area contributed by atoms with E-state index in [1.54, 1.807) is 12.1 Å². The third kappa shape index (κ3) is 4.28. The lowest BCUT2D eigenvalue weighted by atomic mass is 9.99. The third-order valence-corrected chi connectivity index (χ3v) is 6.36. The number of benzene rings is 1. The molecule has 0 amide bonds. The standard InChI is InChI=1S/C21H14BrClF3N5O3/c22-14-4-12(21(24,25)26)8-31-9-16(27-18(14)31)19-28-17(29-34-19)13-2-1-10(3-15(13)23)5-30-6-11(7-30)20(32)33/h1-4,8-9,11H,5-7H2,(H,32,33). The summed E-state index contributed by atoms with van der Waals surface area (Å²) in [6, 6.07) is 6.28. The number of carbonyl (C=O) groups is 1. The van der Waals surface area contributed by atoms with E-state index >= 15 is 0 Å². The second-order valence-corrected chi connectivity index (χ2v) is 9.16. The smallest absolute Gasteiger partial charge is 0.417 e. The van der Waals surface area contributed by atoms with Crippen molar-refractivity contribution in [3.63, 3.8) is 0 Å². The molecule has 0 atom stereocenters. The topological polar surface area (TPSA) is 96.8 Å². The molecule has 1 aromatic carbocycles. The molecular weight excluding hydrogens is 543 g/mol. The fourth-order valence-electron chi connectivity index (χ4n) is 3.70. The molecule has 0 radical (unpaired) electrons.